The zero-order valence-electron chi connectivity index (χ0n) is 10.6. The van der Waals surface area contributed by atoms with Crippen molar-refractivity contribution in [3.63, 3.8) is 0 Å². The van der Waals surface area contributed by atoms with Gasteiger partial charge in [0, 0.05) is 6.20 Å². The first-order chi connectivity index (χ1) is 9.68. The van der Waals surface area contributed by atoms with E-state index in [1.54, 1.807) is 6.92 Å². The molecule has 0 aliphatic heterocycles. The van der Waals surface area contributed by atoms with Crippen molar-refractivity contribution in [2.24, 2.45) is 0 Å². The predicted molar refractivity (Wildman–Crippen MR) is 66.0 cm³/mol. The molecule has 112 valence electrons. The average Bonchev–Trinajstić information content (AvgIpc) is 2.38. The number of nitrogens with zero attached hydrogens (tertiary/aromatic N) is 2. The summed E-state index contributed by atoms with van der Waals surface area (Å²) < 4.78 is 65.7. The van der Waals surface area contributed by atoms with Crippen molar-refractivity contribution < 1.29 is 25.8 Å². The molecule has 0 aliphatic rings. The van der Waals surface area contributed by atoms with E-state index in [0.717, 1.165) is 11.8 Å². The molecule has 0 amide bonds. The molecule has 0 spiro atoms. The van der Waals surface area contributed by atoms with Crippen LogP contribution in [0.2, 0.25) is 0 Å². The van der Waals surface area contributed by atoms with E-state index in [1.807, 2.05) is 0 Å². The van der Waals surface area contributed by atoms with Gasteiger partial charge in [-0.2, -0.15) is 26.6 Å². The number of alkyl halides is 3. The first kappa shape index (κ1) is 15.2. The molecule has 0 atom stereocenters. The Hall–Kier alpha value is -2.16. The van der Waals surface area contributed by atoms with Crippen molar-refractivity contribution in [3.8, 4) is 6.01 Å². The van der Waals surface area contributed by atoms with Gasteiger partial charge in [0.1, 0.15) is 4.90 Å². The number of hydrogen-bond donors (Lipinski definition) is 0. The molecule has 0 saturated heterocycles. The van der Waals surface area contributed by atoms with Crippen LogP contribution in [0.5, 0.6) is 6.01 Å². The first-order valence-corrected chi connectivity index (χ1v) is 7.01. The van der Waals surface area contributed by atoms with E-state index in [1.165, 1.54) is 24.3 Å². The second-order valence-electron chi connectivity index (χ2n) is 4.07. The highest BCUT2D eigenvalue weighted by atomic mass is 32.2. The average molecular weight is 318 g/mol. The zero-order valence-corrected chi connectivity index (χ0v) is 11.4. The Labute approximate surface area is 118 Å². The fourth-order valence-corrected chi connectivity index (χ4v) is 2.23. The van der Waals surface area contributed by atoms with Gasteiger partial charge in [-0.15, -0.1) is 0 Å². The van der Waals surface area contributed by atoms with Gasteiger partial charge in [-0.3, -0.25) is 0 Å². The Morgan fingerprint density at radius 2 is 1.71 bits per heavy atom. The molecular formula is C12H9F3N2O3S. The molecule has 1 aromatic heterocycles. The van der Waals surface area contributed by atoms with Crippen LogP contribution in [0.15, 0.2) is 41.4 Å². The van der Waals surface area contributed by atoms with E-state index in [4.69, 9.17) is 0 Å². The third kappa shape index (κ3) is 3.69. The smallest absolute Gasteiger partial charge is 0.339 e. The van der Waals surface area contributed by atoms with Crippen LogP contribution in [0, 0.1) is 6.92 Å². The molecule has 2 aromatic rings. The standard InChI is InChI=1S/C12H9F3N2O3S/c1-8-2-4-9(5-3-8)21(18,19)20-11-16-7-6-10(17-11)12(13,14)15/h2-7H,1H3. The minimum Gasteiger partial charge on any atom is -0.339 e. The summed E-state index contributed by atoms with van der Waals surface area (Å²) in [5, 5.41) is 0. The van der Waals surface area contributed by atoms with E-state index in [9.17, 15) is 21.6 Å². The largest absolute Gasteiger partial charge is 0.433 e. The van der Waals surface area contributed by atoms with Crippen LogP contribution >= 0.6 is 0 Å². The van der Waals surface area contributed by atoms with Crippen LogP contribution in [-0.2, 0) is 16.3 Å². The monoisotopic (exact) mass is 318 g/mol. The summed E-state index contributed by atoms with van der Waals surface area (Å²) in [6, 6.07) is 5.35. The number of aryl methyl sites for hydroxylation is 1. The van der Waals surface area contributed by atoms with E-state index in [-0.39, 0.29) is 4.90 Å². The van der Waals surface area contributed by atoms with Crippen molar-refractivity contribution in [2.45, 2.75) is 18.0 Å². The van der Waals surface area contributed by atoms with E-state index < -0.39 is 28.0 Å². The van der Waals surface area contributed by atoms with Crippen molar-refractivity contribution in [2.75, 3.05) is 0 Å². The minimum absolute atomic E-state index is 0.200. The lowest BCUT2D eigenvalue weighted by molar-refractivity contribution is -0.141. The molecule has 0 aliphatic carbocycles. The topological polar surface area (TPSA) is 69.2 Å². The molecule has 9 heteroatoms. The third-order valence-electron chi connectivity index (χ3n) is 2.42. The number of rotatable bonds is 3. The molecule has 21 heavy (non-hydrogen) atoms. The quantitative estimate of drug-likeness (QED) is 0.814. The number of benzene rings is 1. The van der Waals surface area contributed by atoms with Crippen LogP contribution in [-0.4, -0.2) is 18.4 Å². The molecule has 0 saturated carbocycles. The van der Waals surface area contributed by atoms with Gasteiger partial charge in [0.25, 0.3) is 0 Å². The van der Waals surface area contributed by atoms with Gasteiger partial charge < -0.3 is 4.18 Å². The highest BCUT2D eigenvalue weighted by molar-refractivity contribution is 7.87. The lowest BCUT2D eigenvalue weighted by Crippen LogP contribution is -2.14. The van der Waals surface area contributed by atoms with Gasteiger partial charge in [-0.05, 0) is 25.1 Å². The molecule has 0 fully saturated rings. The lowest BCUT2D eigenvalue weighted by atomic mass is 10.2. The maximum atomic E-state index is 12.5. The van der Waals surface area contributed by atoms with Crippen molar-refractivity contribution in [1.82, 2.24) is 9.97 Å². The number of hydrogen-bond acceptors (Lipinski definition) is 5. The summed E-state index contributed by atoms with van der Waals surface area (Å²) in [7, 11) is -4.28. The fraction of sp³-hybridized carbons (Fsp3) is 0.167. The maximum Gasteiger partial charge on any atom is 0.433 e. The van der Waals surface area contributed by atoms with Gasteiger partial charge in [0.15, 0.2) is 5.69 Å². The second kappa shape index (κ2) is 5.32. The molecule has 0 bridgehead atoms. The van der Waals surface area contributed by atoms with Crippen LogP contribution < -0.4 is 4.18 Å². The summed E-state index contributed by atoms with van der Waals surface area (Å²) in [6.45, 7) is 1.76. The fourth-order valence-electron chi connectivity index (χ4n) is 1.39. The summed E-state index contributed by atoms with van der Waals surface area (Å²) >= 11 is 0. The maximum absolute atomic E-state index is 12.5. The molecule has 1 heterocycles. The highest BCUT2D eigenvalue weighted by Gasteiger charge is 2.33. The number of aromatic nitrogens is 2. The zero-order chi connectivity index (χ0) is 15.7. The Balaban J connectivity index is 2.31. The van der Waals surface area contributed by atoms with Gasteiger partial charge in [-0.1, -0.05) is 17.7 Å². The lowest BCUT2D eigenvalue weighted by Gasteiger charge is -2.08. The predicted octanol–water partition coefficient (Wildman–Crippen LogP) is 2.57. The highest BCUT2D eigenvalue weighted by Crippen LogP contribution is 2.28. The number of halogens is 3. The minimum atomic E-state index is -4.71. The normalized spacial score (nSPS) is 12.2. The van der Waals surface area contributed by atoms with Gasteiger partial charge in [-0.25, -0.2) is 4.98 Å². The second-order valence-corrected chi connectivity index (χ2v) is 5.62. The molecule has 0 unspecified atom stereocenters. The Morgan fingerprint density at radius 3 is 2.29 bits per heavy atom. The van der Waals surface area contributed by atoms with Crippen molar-refractivity contribution in [3.05, 3.63) is 47.8 Å². The summed E-state index contributed by atoms with van der Waals surface area (Å²) in [5.74, 6) is 0. The van der Waals surface area contributed by atoms with E-state index in [2.05, 4.69) is 14.2 Å². The van der Waals surface area contributed by atoms with Crippen LogP contribution in [0.3, 0.4) is 0 Å². The SMILES string of the molecule is Cc1ccc(S(=O)(=O)Oc2nccc(C(F)(F)F)n2)cc1. The Kier molecular flexibility index (Phi) is 3.86. The van der Waals surface area contributed by atoms with Gasteiger partial charge in [0.2, 0.25) is 0 Å². The Morgan fingerprint density at radius 1 is 1.10 bits per heavy atom. The molecule has 1 aromatic carbocycles. The Bertz CT molecular complexity index is 743. The molecular weight excluding hydrogens is 309 g/mol. The summed E-state index contributed by atoms with van der Waals surface area (Å²) in [6.07, 6.45) is -3.94. The molecule has 5 nitrogen and oxygen atoms in total. The van der Waals surface area contributed by atoms with Gasteiger partial charge in [0.05, 0.1) is 0 Å². The third-order valence-corrected chi connectivity index (χ3v) is 3.64. The van der Waals surface area contributed by atoms with E-state index >= 15 is 0 Å². The van der Waals surface area contributed by atoms with Crippen LogP contribution in [0.1, 0.15) is 11.3 Å². The molecule has 2 rings (SSSR count). The first-order valence-electron chi connectivity index (χ1n) is 5.60. The van der Waals surface area contributed by atoms with Crippen LogP contribution in [0.25, 0.3) is 0 Å². The molecule has 0 N–H and O–H groups in total. The van der Waals surface area contributed by atoms with E-state index in [0.29, 0.717) is 6.07 Å². The molecule has 0 radical (unpaired) electrons. The summed E-state index contributed by atoms with van der Waals surface area (Å²) in [5.41, 5.74) is -0.462. The van der Waals surface area contributed by atoms with Gasteiger partial charge >= 0.3 is 22.3 Å². The van der Waals surface area contributed by atoms with Crippen molar-refractivity contribution >= 4 is 10.1 Å². The van der Waals surface area contributed by atoms with Crippen molar-refractivity contribution in [1.29, 1.82) is 0 Å². The van der Waals surface area contributed by atoms with Crippen LogP contribution in [0.4, 0.5) is 13.2 Å². The summed E-state index contributed by atoms with van der Waals surface area (Å²) in [4.78, 5) is 6.20.